The Kier molecular flexibility index (Phi) is 5.50. The summed E-state index contributed by atoms with van der Waals surface area (Å²) in [6, 6.07) is 54.6. The first-order valence-electron chi connectivity index (χ1n) is 15.0. The van der Waals surface area contributed by atoms with Gasteiger partial charge in [0.05, 0.1) is 22.1 Å². The van der Waals surface area contributed by atoms with E-state index in [-0.39, 0.29) is 0 Å². The molecule has 0 saturated heterocycles. The van der Waals surface area contributed by atoms with Gasteiger partial charge in [0, 0.05) is 45.3 Å². The molecule has 0 spiro atoms. The van der Waals surface area contributed by atoms with Crippen LogP contribution in [0.15, 0.2) is 164 Å². The van der Waals surface area contributed by atoms with Gasteiger partial charge in [-0.25, -0.2) is 0 Å². The lowest BCUT2D eigenvalue weighted by Gasteiger charge is -2.11. The minimum atomic E-state index is 1.14. The summed E-state index contributed by atoms with van der Waals surface area (Å²) in [4.78, 5) is 4.45. The van der Waals surface area contributed by atoms with Crippen molar-refractivity contribution in [3.63, 3.8) is 0 Å². The molecule has 44 heavy (non-hydrogen) atoms. The first-order valence-corrected chi connectivity index (χ1v) is 15.0. The van der Waals surface area contributed by atoms with Crippen LogP contribution in [0, 0.1) is 0 Å². The maximum atomic E-state index is 4.45. The fourth-order valence-corrected chi connectivity index (χ4v) is 6.76. The molecular weight excluding hydrogens is 534 g/mol. The first kappa shape index (κ1) is 24.6. The van der Waals surface area contributed by atoms with Crippen LogP contribution in [0.4, 0.5) is 0 Å². The molecule has 3 heterocycles. The molecular formula is C41H27N3. The third kappa shape index (κ3) is 3.80. The topological polar surface area (TPSA) is 22.8 Å². The standard InChI is InChI=1S/C41H27N3/c1-3-9-28(10-4-1)29-15-19-33(20-16-29)44-38-14-8-7-13-34(38)35-21-17-30(25-40(35)44)31-18-22-36-37-27-42-24-23-39(37)43(41(36)26-31)32-11-5-2-6-12-32/h1-27H. The van der Waals surface area contributed by atoms with Crippen molar-refractivity contribution in [2.75, 3.05) is 0 Å². The summed E-state index contributed by atoms with van der Waals surface area (Å²) >= 11 is 0. The molecule has 0 unspecified atom stereocenters. The number of para-hydroxylation sites is 2. The Morgan fingerprint density at radius 3 is 1.55 bits per heavy atom. The highest BCUT2D eigenvalue weighted by Crippen LogP contribution is 2.38. The van der Waals surface area contributed by atoms with Gasteiger partial charge in [0.1, 0.15) is 0 Å². The van der Waals surface area contributed by atoms with Gasteiger partial charge in [-0.2, -0.15) is 0 Å². The van der Waals surface area contributed by atoms with Gasteiger partial charge >= 0.3 is 0 Å². The maximum absolute atomic E-state index is 4.45. The lowest BCUT2D eigenvalue weighted by molar-refractivity contribution is 1.17. The number of rotatable bonds is 4. The van der Waals surface area contributed by atoms with Gasteiger partial charge in [0.2, 0.25) is 0 Å². The van der Waals surface area contributed by atoms with Crippen LogP contribution >= 0.6 is 0 Å². The molecule has 0 fully saturated rings. The molecule has 0 atom stereocenters. The molecule has 3 aromatic heterocycles. The minimum Gasteiger partial charge on any atom is -0.309 e. The average Bonchev–Trinajstić information content (AvgIpc) is 3.61. The molecule has 0 radical (unpaired) electrons. The van der Waals surface area contributed by atoms with Gasteiger partial charge in [-0.15, -0.1) is 0 Å². The molecule has 0 saturated carbocycles. The van der Waals surface area contributed by atoms with Gasteiger partial charge in [0.25, 0.3) is 0 Å². The number of nitrogens with zero attached hydrogens (tertiary/aromatic N) is 3. The van der Waals surface area contributed by atoms with Gasteiger partial charge in [-0.1, -0.05) is 103 Å². The van der Waals surface area contributed by atoms with Crippen LogP contribution in [0.25, 0.3) is 77.2 Å². The number of pyridine rings is 1. The van der Waals surface area contributed by atoms with Crippen molar-refractivity contribution in [3.8, 4) is 33.6 Å². The van der Waals surface area contributed by atoms with E-state index in [9.17, 15) is 0 Å². The summed E-state index contributed by atoms with van der Waals surface area (Å²) in [5.74, 6) is 0. The van der Waals surface area contributed by atoms with E-state index in [1.807, 2.05) is 12.4 Å². The fraction of sp³-hybridized carbons (Fsp3) is 0. The molecule has 0 aliphatic heterocycles. The van der Waals surface area contributed by atoms with Crippen LogP contribution < -0.4 is 0 Å². The van der Waals surface area contributed by atoms with Crippen LogP contribution in [0.1, 0.15) is 0 Å². The number of fused-ring (bicyclic) bond motifs is 6. The maximum Gasteiger partial charge on any atom is 0.0571 e. The normalized spacial score (nSPS) is 11.6. The van der Waals surface area contributed by atoms with E-state index in [1.54, 1.807) is 0 Å². The Balaban J connectivity index is 1.24. The minimum absolute atomic E-state index is 1.14. The van der Waals surface area contributed by atoms with Gasteiger partial charge in [-0.05, 0) is 70.8 Å². The van der Waals surface area contributed by atoms with Crippen LogP contribution in [-0.4, -0.2) is 14.1 Å². The molecule has 0 N–H and O–H groups in total. The number of hydrogen-bond donors (Lipinski definition) is 0. The molecule has 0 bridgehead atoms. The number of hydrogen-bond acceptors (Lipinski definition) is 1. The zero-order valence-corrected chi connectivity index (χ0v) is 23.9. The molecule has 0 aliphatic rings. The van der Waals surface area contributed by atoms with Crippen molar-refractivity contribution in [2.24, 2.45) is 0 Å². The molecule has 206 valence electrons. The molecule has 6 aromatic carbocycles. The summed E-state index contributed by atoms with van der Waals surface area (Å²) < 4.78 is 4.74. The Morgan fingerprint density at radius 1 is 0.341 bits per heavy atom. The summed E-state index contributed by atoms with van der Waals surface area (Å²) in [7, 11) is 0. The van der Waals surface area contributed by atoms with E-state index >= 15 is 0 Å². The average molecular weight is 562 g/mol. The zero-order valence-electron chi connectivity index (χ0n) is 23.9. The molecule has 0 aliphatic carbocycles. The summed E-state index contributed by atoms with van der Waals surface area (Å²) in [6.07, 6.45) is 3.85. The third-order valence-electron chi connectivity index (χ3n) is 8.82. The van der Waals surface area contributed by atoms with Crippen LogP contribution in [0.2, 0.25) is 0 Å². The highest BCUT2D eigenvalue weighted by atomic mass is 15.0. The molecule has 9 aromatic rings. The van der Waals surface area contributed by atoms with Crippen molar-refractivity contribution in [1.29, 1.82) is 0 Å². The van der Waals surface area contributed by atoms with Crippen molar-refractivity contribution >= 4 is 43.6 Å². The summed E-state index contributed by atoms with van der Waals surface area (Å²) in [5.41, 5.74) is 11.8. The molecule has 3 nitrogen and oxygen atoms in total. The fourth-order valence-electron chi connectivity index (χ4n) is 6.76. The van der Waals surface area contributed by atoms with E-state index in [4.69, 9.17) is 0 Å². The first-order chi connectivity index (χ1) is 21.8. The Bertz CT molecular complexity index is 2470. The van der Waals surface area contributed by atoms with Crippen molar-refractivity contribution in [3.05, 3.63) is 164 Å². The molecule has 9 rings (SSSR count). The van der Waals surface area contributed by atoms with Crippen LogP contribution in [0.5, 0.6) is 0 Å². The lowest BCUT2D eigenvalue weighted by Crippen LogP contribution is -1.94. The van der Waals surface area contributed by atoms with Gasteiger partial charge in [0.15, 0.2) is 0 Å². The zero-order chi connectivity index (χ0) is 29.0. The van der Waals surface area contributed by atoms with Crippen molar-refractivity contribution < 1.29 is 0 Å². The SMILES string of the molecule is c1ccc(-c2ccc(-n3c4ccccc4c4ccc(-c5ccc6c7cnccc7n(-c7ccccc7)c6c5)cc43)cc2)cc1. The predicted octanol–water partition coefficient (Wildman–Crippen LogP) is 10.6. The van der Waals surface area contributed by atoms with E-state index in [0.29, 0.717) is 0 Å². The lowest BCUT2D eigenvalue weighted by atomic mass is 10.0. The largest absolute Gasteiger partial charge is 0.309 e. The second kappa shape index (κ2) is 9.82. The van der Waals surface area contributed by atoms with Crippen molar-refractivity contribution in [1.82, 2.24) is 14.1 Å². The highest BCUT2D eigenvalue weighted by molar-refractivity contribution is 6.12. The second-order valence-corrected chi connectivity index (χ2v) is 11.3. The van der Waals surface area contributed by atoms with Gasteiger partial charge in [-0.3, -0.25) is 4.98 Å². The van der Waals surface area contributed by atoms with E-state index in [2.05, 4.69) is 166 Å². The quantitative estimate of drug-likeness (QED) is 0.210. The van der Waals surface area contributed by atoms with E-state index < -0.39 is 0 Å². The third-order valence-corrected chi connectivity index (χ3v) is 8.82. The summed E-state index contributed by atoms with van der Waals surface area (Å²) in [5, 5.41) is 4.87. The smallest absolute Gasteiger partial charge is 0.0571 e. The van der Waals surface area contributed by atoms with Crippen molar-refractivity contribution in [2.45, 2.75) is 0 Å². The Morgan fingerprint density at radius 2 is 0.841 bits per heavy atom. The summed E-state index contributed by atoms with van der Waals surface area (Å²) in [6.45, 7) is 0. The molecule has 3 heteroatoms. The Hall–Kier alpha value is -5.93. The monoisotopic (exact) mass is 561 g/mol. The van der Waals surface area contributed by atoms with Gasteiger partial charge < -0.3 is 9.13 Å². The Labute approximate surface area is 254 Å². The second-order valence-electron chi connectivity index (χ2n) is 11.3. The number of aromatic nitrogens is 3. The van der Waals surface area contributed by atoms with E-state index in [0.717, 1.165) is 22.3 Å². The van der Waals surface area contributed by atoms with Crippen LogP contribution in [-0.2, 0) is 0 Å². The highest BCUT2D eigenvalue weighted by Gasteiger charge is 2.16. The number of benzene rings is 6. The van der Waals surface area contributed by atoms with E-state index in [1.165, 1.54) is 55.0 Å². The predicted molar refractivity (Wildman–Crippen MR) is 184 cm³/mol. The van der Waals surface area contributed by atoms with Crippen LogP contribution in [0.3, 0.4) is 0 Å². The molecule has 0 amide bonds.